The first-order valence-electron chi connectivity index (χ1n) is 6.35. The van der Waals surface area contributed by atoms with Crippen LogP contribution in [0.15, 0.2) is 36.7 Å². The SMILES string of the molecule is Fc1ccccc1-n1cc(C2CCCNC2)cn1. The normalized spacial score (nSPS) is 19.9. The second-order valence-electron chi connectivity index (χ2n) is 4.71. The molecule has 1 atom stereocenters. The Bertz CT molecular complexity index is 529. The zero-order chi connectivity index (χ0) is 12.4. The highest BCUT2D eigenvalue weighted by Gasteiger charge is 2.17. The first-order chi connectivity index (χ1) is 8.84. The number of aromatic nitrogens is 2. The van der Waals surface area contributed by atoms with Gasteiger partial charge in [-0.05, 0) is 43.0 Å². The van der Waals surface area contributed by atoms with E-state index in [-0.39, 0.29) is 5.82 Å². The Hall–Kier alpha value is -1.68. The third kappa shape index (κ3) is 2.16. The fourth-order valence-electron chi connectivity index (χ4n) is 2.45. The topological polar surface area (TPSA) is 29.9 Å². The molecule has 4 heteroatoms. The number of halogens is 1. The molecule has 1 aliphatic rings. The van der Waals surface area contributed by atoms with Crippen molar-refractivity contribution in [3.63, 3.8) is 0 Å². The number of nitrogens with one attached hydrogen (secondary N) is 1. The van der Waals surface area contributed by atoms with E-state index in [0.717, 1.165) is 13.1 Å². The van der Waals surface area contributed by atoms with Gasteiger partial charge in [0.05, 0.1) is 6.20 Å². The van der Waals surface area contributed by atoms with Crippen molar-refractivity contribution >= 4 is 0 Å². The standard InChI is InChI=1S/C14H16FN3/c15-13-5-1-2-6-14(13)18-10-12(9-17-18)11-4-3-7-16-8-11/h1-2,5-6,9-11,16H,3-4,7-8H2. The molecule has 1 aliphatic heterocycles. The summed E-state index contributed by atoms with van der Waals surface area (Å²) in [6.07, 6.45) is 6.16. The Morgan fingerprint density at radius 3 is 3.00 bits per heavy atom. The number of rotatable bonds is 2. The van der Waals surface area contributed by atoms with E-state index in [2.05, 4.69) is 10.4 Å². The van der Waals surface area contributed by atoms with E-state index >= 15 is 0 Å². The molecule has 18 heavy (non-hydrogen) atoms. The van der Waals surface area contributed by atoms with E-state index in [0.29, 0.717) is 11.6 Å². The first-order valence-corrected chi connectivity index (χ1v) is 6.35. The fourth-order valence-corrected chi connectivity index (χ4v) is 2.45. The molecule has 94 valence electrons. The van der Waals surface area contributed by atoms with Crippen LogP contribution in [0.2, 0.25) is 0 Å². The van der Waals surface area contributed by atoms with Gasteiger partial charge in [0.15, 0.2) is 0 Å². The van der Waals surface area contributed by atoms with Crippen LogP contribution in [0.25, 0.3) is 5.69 Å². The first kappa shape index (κ1) is 11.4. The van der Waals surface area contributed by atoms with Crippen LogP contribution in [0.5, 0.6) is 0 Å². The van der Waals surface area contributed by atoms with Crippen LogP contribution in [-0.2, 0) is 0 Å². The van der Waals surface area contributed by atoms with Crippen LogP contribution in [0.1, 0.15) is 24.3 Å². The molecule has 0 amide bonds. The minimum Gasteiger partial charge on any atom is -0.316 e. The Morgan fingerprint density at radius 1 is 1.33 bits per heavy atom. The highest BCUT2D eigenvalue weighted by Crippen LogP contribution is 2.23. The van der Waals surface area contributed by atoms with E-state index < -0.39 is 0 Å². The minimum atomic E-state index is -0.242. The Kier molecular flexibility index (Phi) is 3.11. The van der Waals surface area contributed by atoms with Crippen molar-refractivity contribution in [1.29, 1.82) is 0 Å². The molecule has 2 aromatic rings. The quantitative estimate of drug-likeness (QED) is 0.881. The third-order valence-corrected chi connectivity index (χ3v) is 3.47. The van der Waals surface area contributed by atoms with Gasteiger partial charge in [-0.15, -0.1) is 0 Å². The summed E-state index contributed by atoms with van der Waals surface area (Å²) in [5.74, 6) is 0.258. The Balaban J connectivity index is 1.87. The predicted octanol–water partition coefficient (Wildman–Crippen LogP) is 2.48. The summed E-state index contributed by atoms with van der Waals surface area (Å²) in [6.45, 7) is 2.08. The maximum atomic E-state index is 13.7. The highest BCUT2D eigenvalue weighted by molar-refractivity contribution is 5.33. The predicted molar refractivity (Wildman–Crippen MR) is 68.4 cm³/mol. The molecule has 0 bridgehead atoms. The molecule has 2 heterocycles. The van der Waals surface area contributed by atoms with Crippen molar-refractivity contribution in [3.8, 4) is 5.69 Å². The van der Waals surface area contributed by atoms with Gasteiger partial charge in [0.2, 0.25) is 0 Å². The average Bonchev–Trinajstić information content (AvgIpc) is 2.90. The van der Waals surface area contributed by atoms with Gasteiger partial charge >= 0.3 is 0 Å². The zero-order valence-corrected chi connectivity index (χ0v) is 10.1. The number of benzene rings is 1. The molecule has 0 saturated carbocycles. The number of piperidine rings is 1. The largest absolute Gasteiger partial charge is 0.316 e. The van der Waals surface area contributed by atoms with E-state index in [4.69, 9.17) is 0 Å². The molecule has 1 saturated heterocycles. The molecule has 1 aromatic carbocycles. The van der Waals surface area contributed by atoms with Crippen LogP contribution < -0.4 is 5.32 Å². The van der Waals surface area contributed by atoms with E-state index in [1.807, 2.05) is 18.5 Å². The zero-order valence-electron chi connectivity index (χ0n) is 10.1. The molecule has 0 spiro atoms. The van der Waals surface area contributed by atoms with E-state index in [1.54, 1.807) is 16.8 Å². The summed E-state index contributed by atoms with van der Waals surface area (Å²) in [5.41, 5.74) is 1.69. The van der Waals surface area contributed by atoms with Crippen LogP contribution >= 0.6 is 0 Å². The summed E-state index contributed by atoms with van der Waals surface area (Å²) in [7, 11) is 0. The Morgan fingerprint density at radius 2 is 2.22 bits per heavy atom. The summed E-state index contributed by atoms with van der Waals surface area (Å²) in [6, 6.07) is 6.71. The minimum absolute atomic E-state index is 0.242. The maximum Gasteiger partial charge on any atom is 0.148 e. The number of nitrogens with zero attached hydrogens (tertiary/aromatic N) is 2. The lowest BCUT2D eigenvalue weighted by molar-refractivity contribution is 0.461. The summed E-state index contributed by atoms with van der Waals surface area (Å²) < 4.78 is 15.3. The number of para-hydroxylation sites is 1. The lowest BCUT2D eigenvalue weighted by atomic mass is 9.94. The molecule has 0 aliphatic carbocycles. The van der Waals surface area contributed by atoms with Gasteiger partial charge in [0, 0.05) is 12.7 Å². The lowest BCUT2D eigenvalue weighted by Crippen LogP contribution is -2.28. The molecule has 3 rings (SSSR count). The second-order valence-corrected chi connectivity index (χ2v) is 4.71. The molecular formula is C14H16FN3. The van der Waals surface area contributed by atoms with Crippen molar-refractivity contribution in [3.05, 3.63) is 48.0 Å². The summed E-state index contributed by atoms with van der Waals surface area (Å²) in [4.78, 5) is 0. The monoisotopic (exact) mass is 245 g/mol. The molecule has 0 radical (unpaired) electrons. The third-order valence-electron chi connectivity index (χ3n) is 3.47. The average molecular weight is 245 g/mol. The van der Waals surface area contributed by atoms with Crippen molar-refractivity contribution in [2.24, 2.45) is 0 Å². The van der Waals surface area contributed by atoms with Crippen molar-refractivity contribution in [1.82, 2.24) is 15.1 Å². The van der Waals surface area contributed by atoms with Gasteiger partial charge in [0.25, 0.3) is 0 Å². The molecule has 1 aromatic heterocycles. The van der Waals surface area contributed by atoms with Crippen LogP contribution in [0.3, 0.4) is 0 Å². The van der Waals surface area contributed by atoms with Gasteiger partial charge in [-0.2, -0.15) is 5.10 Å². The molecule has 1 fully saturated rings. The van der Waals surface area contributed by atoms with Gasteiger partial charge < -0.3 is 5.32 Å². The highest BCUT2D eigenvalue weighted by atomic mass is 19.1. The Labute approximate surface area is 106 Å². The second kappa shape index (κ2) is 4.90. The van der Waals surface area contributed by atoms with Crippen molar-refractivity contribution < 1.29 is 4.39 Å². The smallest absolute Gasteiger partial charge is 0.148 e. The van der Waals surface area contributed by atoms with Gasteiger partial charge in [0.1, 0.15) is 11.5 Å². The van der Waals surface area contributed by atoms with Crippen molar-refractivity contribution in [2.45, 2.75) is 18.8 Å². The maximum absolute atomic E-state index is 13.7. The van der Waals surface area contributed by atoms with E-state index in [9.17, 15) is 4.39 Å². The molecule has 1 N–H and O–H groups in total. The van der Waals surface area contributed by atoms with Gasteiger partial charge in [-0.1, -0.05) is 12.1 Å². The van der Waals surface area contributed by atoms with Gasteiger partial charge in [-0.25, -0.2) is 9.07 Å². The van der Waals surface area contributed by atoms with Crippen LogP contribution in [0, 0.1) is 5.82 Å². The molecular weight excluding hydrogens is 229 g/mol. The van der Waals surface area contributed by atoms with Gasteiger partial charge in [-0.3, -0.25) is 0 Å². The van der Waals surface area contributed by atoms with Crippen LogP contribution in [-0.4, -0.2) is 22.9 Å². The fraction of sp³-hybridized carbons (Fsp3) is 0.357. The lowest BCUT2D eigenvalue weighted by Gasteiger charge is -2.21. The molecule has 3 nitrogen and oxygen atoms in total. The summed E-state index contributed by atoms with van der Waals surface area (Å²) in [5, 5.41) is 7.65. The van der Waals surface area contributed by atoms with E-state index in [1.165, 1.54) is 24.5 Å². The number of hydrogen-bond acceptors (Lipinski definition) is 2. The molecule has 1 unspecified atom stereocenters. The summed E-state index contributed by atoms with van der Waals surface area (Å²) >= 11 is 0. The van der Waals surface area contributed by atoms with Crippen molar-refractivity contribution in [2.75, 3.05) is 13.1 Å². The van der Waals surface area contributed by atoms with Crippen LogP contribution in [0.4, 0.5) is 4.39 Å². The number of hydrogen-bond donors (Lipinski definition) is 1.